The maximum atomic E-state index is 13.7. The zero-order valence-corrected chi connectivity index (χ0v) is 18.2. The number of sulfone groups is 1. The van der Waals surface area contributed by atoms with Gasteiger partial charge in [0.2, 0.25) is 0 Å². The molecule has 0 bridgehead atoms. The molecule has 3 aromatic carbocycles. The minimum absolute atomic E-state index is 0.0353. The van der Waals surface area contributed by atoms with E-state index in [1.807, 2.05) is 54.6 Å². The van der Waals surface area contributed by atoms with Crippen LogP contribution in [0.2, 0.25) is 0 Å². The van der Waals surface area contributed by atoms with Gasteiger partial charge in [-0.05, 0) is 40.3 Å². The number of rotatable bonds is 5. The number of nitrogens with zero attached hydrogens (tertiary/aromatic N) is 1. The molecular weight excluding hydrogens is 394 g/mol. The first-order valence-corrected chi connectivity index (χ1v) is 12.2. The third-order valence-electron chi connectivity index (χ3n) is 5.93. The Balaban J connectivity index is 1.70. The van der Waals surface area contributed by atoms with Crippen LogP contribution in [0.25, 0.3) is 10.8 Å². The highest BCUT2D eigenvalue weighted by molar-refractivity contribution is 7.91. The van der Waals surface area contributed by atoms with Crippen LogP contribution in [0.4, 0.5) is 0 Å². The Morgan fingerprint density at radius 3 is 2.37 bits per heavy atom. The number of amides is 1. The van der Waals surface area contributed by atoms with E-state index in [4.69, 9.17) is 0 Å². The number of hydrogen-bond donors (Lipinski definition) is 0. The van der Waals surface area contributed by atoms with E-state index in [0.29, 0.717) is 24.4 Å². The van der Waals surface area contributed by atoms with E-state index in [1.54, 1.807) is 4.90 Å². The summed E-state index contributed by atoms with van der Waals surface area (Å²) in [5.41, 5.74) is 2.88. The summed E-state index contributed by atoms with van der Waals surface area (Å²) >= 11 is 0. The average molecular weight is 422 g/mol. The molecule has 156 valence electrons. The second kappa shape index (κ2) is 8.23. The molecule has 1 atom stereocenters. The quantitative estimate of drug-likeness (QED) is 0.595. The molecule has 0 saturated carbocycles. The molecule has 1 heterocycles. The fourth-order valence-electron chi connectivity index (χ4n) is 4.16. The van der Waals surface area contributed by atoms with Gasteiger partial charge in [0.25, 0.3) is 5.91 Å². The molecule has 0 aromatic heterocycles. The Hall–Kier alpha value is -2.66. The van der Waals surface area contributed by atoms with Crippen molar-refractivity contribution in [1.82, 2.24) is 4.90 Å². The van der Waals surface area contributed by atoms with Crippen LogP contribution in [0.3, 0.4) is 0 Å². The lowest BCUT2D eigenvalue weighted by atomic mass is 10.0. The van der Waals surface area contributed by atoms with Crippen molar-refractivity contribution in [2.45, 2.75) is 38.8 Å². The summed E-state index contributed by atoms with van der Waals surface area (Å²) in [5.74, 6) is 0.505. The Labute approximate surface area is 178 Å². The first kappa shape index (κ1) is 20.6. The van der Waals surface area contributed by atoms with Crippen LogP contribution in [-0.2, 0) is 16.4 Å². The Morgan fingerprint density at radius 1 is 1.00 bits per heavy atom. The van der Waals surface area contributed by atoms with E-state index in [0.717, 1.165) is 16.3 Å². The first-order valence-electron chi connectivity index (χ1n) is 10.4. The molecule has 4 rings (SSSR count). The van der Waals surface area contributed by atoms with E-state index in [-0.39, 0.29) is 23.5 Å². The lowest BCUT2D eigenvalue weighted by molar-refractivity contribution is 0.0683. The summed E-state index contributed by atoms with van der Waals surface area (Å²) in [5, 5.41) is 1.90. The smallest absolute Gasteiger partial charge is 0.255 e. The minimum Gasteiger partial charge on any atom is -0.330 e. The van der Waals surface area contributed by atoms with Crippen molar-refractivity contribution in [2.75, 3.05) is 11.5 Å². The van der Waals surface area contributed by atoms with Crippen LogP contribution in [0.1, 0.15) is 47.7 Å². The molecule has 0 N–H and O–H groups in total. The maximum Gasteiger partial charge on any atom is 0.255 e. The molecule has 1 amide bonds. The lowest BCUT2D eigenvalue weighted by Crippen LogP contribution is -2.40. The molecule has 1 aliphatic heterocycles. The third-order valence-corrected chi connectivity index (χ3v) is 7.68. The highest BCUT2D eigenvalue weighted by atomic mass is 32.2. The zero-order chi connectivity index (χ0) is 21.3. The molecule has 1 saturated heterocycles. The molecule has 5 heteroatoms. The van der Waals surface area contributed by atoms with Crippen molar-refractivity contribution in [3.63, 3.8) is 0 Å². The molecular formula is C25H27NO3S. The Kier molecular flexibility index (Phi) is 5.65. The minimum atomic E-state index is -3.10. The predicted molar refractivity (Wildman–Crippen MR) is 121 cm³/mol. The van der Waals surface area contributed by atoms with E-state index < -0.39 is 9.84 Å². The van der Waals surface area contributed by atoms with Crippen LogP contribution < -0.4 is 0 Å². The summed E-state index contributed by atoms with van der Waals surface area (Å²) < 4.78 is 24.3. The van der Waals surface area contributed by atoms with Crippen molar-refractivity contribution in [3.05, 3.63) is 83.4 Å². The van der Waals surface area contributed by atoms with Gasteiger partial charge in [-0.3, -0.25) is 4.79 Å². The maximum absolute atomic E-state index is 13.7. The summed E-state index contributed by atoms with van der Waals surface area (Å²) in [6.45, 7) is 4.70. The largest absolute Gasteiger partial charge is 0.330 e. The van der Waals surface area contributed by atoms with Crippen molar-refractivity contribution >= 4 is 26.5 Å². The van der Waals surface area contributed by atoms with Crippen LogP contribution in [0.5, 0.6) is 0 Å². The topological polar surface area (TPSA) is 54.5 Å². The molecule has 30 heavy (non-hydrogen) atoms. The fourth-order valence-corrected chi connectivity index (χ4v) is 5.89. The highest BCUT2D eigenvalue weighted by Crippen LogP contribution is 2.26. The van der Waals surface area contributed by atoms with Gasteiger partial charge in [-0.15, -0.1) is 0 Å². The molecule has 1 fully saturated rings. The molecule has 0 radical (unpaired) electrons. The van der Waals surface area contributed by atoms with Gasteiger partial charge in [0.05, 0.1) is 11.5 Å². The standard InChI is InChI=1S/C25H27NO3S/c1-18(2)20-12-10-19(11-13-20)16-26(22-14-15-30(28,29)17-22)25(27)24-9-5-7-21-6-3-4-8-23(21)24/h3-13,18,22H,14-17H2,1-2H3. The first-order chi connectivity index (χ1) is 14.3. The Bertz CT molecular complexity index is 1160. The number of carbonyl (C=O) groups is 1. The van der Waals surface area contributed by atoms with Gasteiger partial charge in [-0.25, -0.2) is 8.42 Å². The highest BCUT2D eigenvalue weighted by Gasteiger charge is 2.35. The van der Waals surface area contributed by atoms with E-state index in [1.165, 1.54) is 5.56 Å². The second-order valence-corrected chi connectivity index (χ2v) is 10.6. The van der Waals surface area contributed by atoms with Gasteiger partial charge < -0.3 is 4.90 Å². The van der Waals surface area contributed by atoms with Crippen molar-refractivity contribution in [2.24, 2.45) is 0 Å². The third kappa shape index (κ3) is 4.26. The van der Waals surface area contributed by atoms with Crippen LogP contribution in [0.15, 0.2) is 66.7 Å². The number of benzene rings is 3. The lowest BCUT2D eigenvalue weighted by Gasteiger charge is -2.29. The normalized spacial score (nSPS) is 18.0. The number of hydrogen-bond acceptors (Lipinski definition) is 3. The van der Waals surface area contributed by atoms with Crippen LogP contribution >= 0.6 is 0 Å². The molecule has 3 aromatic rings. The van der Waals surface area contributed by atoms with E-state index >= 15 is 0 Å². The Morgan fingerprint density at radius 2 is 1.70 bits per heavy atom. The van der Waals surface area contributed by atoms with Crippen molar-refractivity contribution in [1.29, 1.82) is 0 Å². The van der Waals surface area contributed by atoms with Crippen molar-refractivity contribution in [3.8, 4) is 0 Å². The van der Waals surface area contributed by atoms with Gasteiger partial charge in [-0.1, -0.05) is 74.5 Å². The molecule has 0 spiro atoms. The summed E-state index contributed by atoms with van der Waals surface area (Å²) in [6.07, 6.45) is 0.489. The van der Waals surface area contributed by atoms with Gasteiger partial charge in [0.1, 0.15) is 0 Å². The van der Waals surface area contributed by atoms with Crippen LogP contribution in [0, 0.1) is 0 Å². The zero-order valence-electron chi connectivity index (χ0n) is 17.4. The summed E-state index contributed by atoms with van der Waals surface area (Å²) in [4.78, 5) is 15.4. The van der Waals surface area contributed by atoms with Gasteiger partial charge in [0, 0.05) is 18.2 Å². The number of fused-ring (bicyclic) bond motifs is 1. The average Bonchev–Trinajstić information content (AvgIpc) is 3.10. The summed E-state index contributed by atoms with van der Waals surface area (Å²) in [7, 11) is -3.10. The molecule has 4 nitrogen and oxygen atoms in total. The predicted octanol–water partition coefficient (Wildman–Crippen LogP) is 4.79. The summed E-state index contributed by atoms with van der Waals surface area (Å²) in [6, 6.07) is 21.5. The second-order valence-electron chi connectivity index (χ2n) is 8.41. The van der Waals surface area contributed by atoms with Crippen LogP contribution in [-0.4, -0.2) is 36.8 Å². The van der Waals surface area contributed by atoms with Crippen molar-refractivity contribution < 1.29 is 13.2 Å². The molecule has 0 aliphatic carbocycles. The van der Waals surface area contributed by atoms with E-state index in [9.17, 15) is 13.2 Å². The number of carbonyl (C=O) groups excluding carboxylic acids is 1. The monoisotopic (exact) mass is 421 g/mol. The van der Waals surface area contributed by atoms with Gasteiger partial charge >= 0.3 is 0 Å². The SMILES string of the molecule is CC(C)c1ccc(CN(C(=O)c2cccc3ccccc23)C2CCS(=O)(=O)C2)cc1. The fraction of sp³-hybridized carbons (Fsp3) is 0.320. The van der Waals surface area contributed by atoms with Gasteiger partial charge in [0.15, 0.2) is 9.84 Å². The van der Waals surface area contributed by atoms with Gasteiger partial charge in [-0.2, -0.15) is 0 Å². The van der Waals surface area contributed by atoms with E-state index in [2.05, 4.69) is 26.0 Å². The molecule has 1 unspecified atom stereocenters. The molecule has 1 aliphatic rings.